The van der Waals surface area contributed by atoms with Crippen molar-refractivity contribution in [2.24, 2.45) is 5.10 Å². The Balaban J connectivity index is 2.95. The van der Waals surface area contributed by atoms with Crippen LogP contribution < -0.4 is 5.01 Å². The highest BCUT2D eigenvalue weighted by molar-refractivity contribution is 5.50. The van der Waals surface area contributed by atoms with Crippen LogP contribution in [0, 0.1) is 0 Å². The van der Waals surface area contributed by atoms with Crippen molar-refractivity contribution in [3.63, 3.8) is 0 Å². The fourth-order valence-corrected chi connectivity index (χ4v) is 0.868. The molecule has 1 rings (SSSR count). The molecule has 0 unspecified atom stereocenters. The second-order valence-corrected chi connectivity index (χ2v) is 2.17. The summed E-state index contributed by atoms with van der Waals surface area (Å²) in [5, 5.41) is 4.49. The summed E-state index contributed by atoms with van der Waals surface area (Å²) in [6, 6.07) is 8.86. The molecular formula is C9H9FN2. The average Bonchev–Trinajstić information content (AvgIpc) is 2.07. The molecule has 3 heteroatoms. The molecule has 12 heavy (non-hydrogen) atoms. The van der Waals surface area contributed by atoms with Crippen LogP contribution in [0.2, 0.25) is 0 Å². The minimum Gasteiger partial charge on any atom is -0.208 e. The highest BCUT2D eigenvalue weighted by Crippen LogP contribution is 2.17. The monoisotopic (exact) mass is 164 g/mol. The van der Waals surface area contributed by atoms with Gasteiger partial charge < -0.3 is 0 Å². The molecule has 0 heterocycles. The van der Waals surface area contributed by atoms with Gasteiger partial charge in [0.15, 0.2) is 0 Å². The topological polar surface area (TPSA) is 15.6 Å². The van der Waals surface area contributed by atoms with Gasteiger partial charge in [0, 0.05) is 6.72 Å². The van der Waals surface area contributed by atoms with Crippen molar-refractivity contribution in [1.82, 2.24) is 0 Å². The minimum absolute atomic E-state index is 0.611. The van der Waals surface area contributed by atoms with E-state index >= 15 is 0 Å². The van der Waals surface area contributed by atoms with Crippen LogP contribution in [0.15, 0.2) is 48.0 Å². The molecule has 0 aromatic heterocycles. The van der Waals surface area contributed by atoms with E-state index in [1.165, 1.54) is 0 Å². The van der Waals surface area contributed by atoms with E-state index in [0.717, 1.165) is 5.01 Å². The molecule has 62 valence electrons. The summed E-state index contributed by atoms with van der Waals surface area (Å²) in [6.07, 6.45) is 0. The smallest absolute Gasteiger partial charge is 0.207 e. The molecule has 0 radical (unpaired) electrons. The summed E-state index contributed by atoms with van der Waals surface area (Å²) in [5.41, 5.74) is 0.611. The van der Waals surface area contributed by atoms with E-state index in [4.69, 9.17) is 0 Å². The molecular weight excluding hydrogens is 155 g/mol. The second-order valence-electron chi connectivity index (χ2n) is 2.17. The number of halogens is 1. The Hall–Kier alpha value is -1.64. The number of hydrazone groups is 1. The first-order valence-corrected chi connectivity index (χ1v) is 3.42. The van der Waals surface area contributed by atoms with Crippen LogP contribution in [0.25, 0.3) is 0 Å². The molecule has 0 N–H and O–H groups in total. The van der Waals surface area contributed by atoms with E-state index < -0.39 is 5.95 Å². The number of hydrogen-bond acceptors (Lipinski definition) is 2. The standard InChI is InChI=1S/C9H9FN2/c1-8(10)12(11-2)9-6-4-3-5-7-9/h3-7H,1-2H2. The van der Waals surface area contributed by atoms with E-state index in [9.17, 15) is 4.39 Å². The third kappa shape index (κ3) is 1.69. The Morgan fingerprint density at radius 2 is 1.92 bits per heavy atom. The van der Waals surface area contributed by atoms with Crippen LogP contribution >= 0.6 is 0 Å². The van der Waals surface area contributed by atoms with Gasteiger partial charge in [0.1, 0.15) is 0 Å². The predicted molar refractivity (Wildman–Crippen MR) is 48.7 cm³/mol. The Morgan fingerprint density at radius 3 is 2.33 bits per heavy atom. The summed E-state index contributed by atoms with van der Waals surface area (Å²) >= 11 is 0. The average molecular weight is 164 g/mol. The number of para-hydroxylation sites is 1. The van der Waals surface area contributed by atoms with Gasteiger partial charge in [0.05, 0.1) is 5.69 Å². The van der Waals surface area contributed by atoms with Crippen molar-refractivity contribution in [3.05, 3.63) is 42.9 Å². The van der Waals surface area contributed by atoms with Gasteiger partial charge in [-0.2, -0.15) is 9.49 Å². The lowest BCUT2D eigenvalue weighted by molar-refractivity contribution is 0.601. The molecule has 0 aliphatic rings. The molecule has 2 nitrogen and oxygen atoms in total. The lowest BCUT2D eigenvalue weighted by Crippen LogP contribution is -2.10. The highest BCUT2D eigenvalue weighted by Gasteiger charge is 2.05. The summed E-state index contributed by atoms with van der Waals surface area (Å²) in [7, 11) is 0. The van der Waals surface area contributed by atoms with Crippen LogP contribution in [0.1, 0.15) is 0 Å². The van der Waals surface area contributed by atoms with Crippen LogP contribution in [-0.2, 0) is 0 Å². The SMILES string of the molecule is C=NN(C(=C)F)c1ccccc1. The first-order valence-electron chi connectivity index (χ1n) is 3.42. The maximum Gasteiger partial charge on any atom is 0.207 e. The lowest BCUT2D eigenvalue weighted by atomic mass is 10.3. The molecule has 0 amide bonds. The normalized spacial score (nSPS) is 9.08. The van der Waals surface area contributed by atoms with Crippen molar-refractivity contribution < 1.29 is 4.39 Å². The Labute approximate surface area is 70.6 Å². The van der Waals surface area contributed by atoms with E-state index in [2.05, 4.69) is 18.4 Å². The van der Waals surface area contributed by atoms with E-state index in [1.807, 2.05) is 6.07 Å². The fraction of sp³-hybridized carbons (Fsp3) is 0. The summed E-state index contributed by atoms with van der Waals surface area (Å²) < 4.78 is 12.6. The van der Waals surface area contributed by atoms with Gasteiger partial charge in [-0.05, 0) is 18.7 Å². The molecule has 0 aliphatic carbocycles. The number of hydrogen-bond donors (Lipinski definition) is 0. The van der Waals surface area contributed by atoms with Crippen LogP contribution in [-0.4, -0.2) is 6.72 Å². The Kier molecular flexibility index (Phi) is 2.58. The van der Waals surface area contributed by atoms with Gasteiger partial charge in [-0.25, -0.2) is 5.01 Å². The first-order chi connectivity index (χ1) is 5.75. The molecule has 0 bridgehead atoms. The lowest BCUT2D eigenvalue weighted by Gasteiger charge is -2.14. The zero-order chi connectivity index (χ0) is 8.97. The van der Waals surface area contributed by atoms with Crippen molar-refractivity contribution in [2.45, 2.75) is 0 Å². The predicted octanol–water partition coefficient (Wildman–Crippen LogP) is 2.55. The third-order valence-corrected chi connectivity index (χ3v) is 1.37. The van der Waals surface area contributed by atoms with Crippen molar-refractivity contribution in [2.75, 3.05) is 5.01 Å². The molecule has 1 aromatic rings. The highest BCUT2D eigenvalue weighted by atomic mass is 19.1. The molecule has 0 saturated heterocycles. The first kappa shape index (κ1) is 8.46. The maximum absolute atomic E-state index is 12.6. The number of nitrogens with zero attached hydrogens (tertiary/aromatic N) is 2. The summed E-state index contributed by atoms with van der Waals surface area (Å²) in [5.74, 6) is -0.642. The van der Waals surface area contributed by atoms with Gasteiger partial charge in [0.25, 0.3) is 0 Å². The molecule has 0 spiro atoms. The van der Waals surface area contributed by atoms with Gasteiger partial charge >= 0.3 is 0 Å². The summed E-state index contributed by atoms with van der Waals surface area (Å²) in [4.78, 5) is 0. The van der Waals surface area contributed by atoms with Crippen molar-refractivity contribution in [3.8, 4) is 0 Å². The van der Waals surface area contributed by atoms with Gasteiger partial charge in [-0.3, -0.25) is 0 Å². The quantitative estimate of drug-likeness (QED) is 0.381. The number of anilines is 1. The van der Waals surface area contributed by atoms with Crippen LogP contribution in [0.3, 0.4) is 0 Å². The van der Waals surface area contributed by atoms with E-state index in [-0.39, 0.29) is 0 Å². The minimum atomic E-state index is -0.642. The second kappa shape index (κ2) is 3.67. The molecule has 0 aliphatic heterocycles. The van der Waals surface area contributed by atoms with Crippen LogP contribution in [0.4, 0.5) is 10.1 Å². The molecule has 0 saturated carbocycles. The van der Waals surface area contributed by atoms with Crippen molar-refractivity contribution in [1.29, 1.82) is 0 Å². The van der Waals surface area contributed by atoms with Crippen molar-refractivity contribution >= 4 is 12.4 Å². The van der Waals surface area contributed by atoms with E-state index in [1.54, 1.807) is 24.3 Å². The number of rotatable bonds is 3. The van der Waals surface area contributed by atoms with Gasteiger partial charge in [0.2, 0.25) is 5.95 Å². The van der Waals surface area contributed by atoms with E-state index in [0.29, 0.717) is 5.69 Å². The Bertz CT molecular complexity index is 282. The zero-order valence-electron chi connectivity index (χ0n) is 6.57. The largest absolute Gasteiger partial charge is 0.208 e. The van der Waals surface area contributed by atoms with Crippen LogP contribution in [0.5, 0.6) is 0 Å². The van der Waals surface area contributed by atoms with Gasteiger partial charge in [-0.15, -0.1) is 0 Å². The third-order valence-electron chi connectivity index (χ3n) is 1.37. The molecule has 0 atom stereocenters. The fourth-order valence-electron chi connectivity index (χ4n) is 0.868. The molecule has 0 fully saturated rings. The maximum atomic E-state index is 12.6. The Morgan fingerprint density at radius 1 is 1.33 bits per heavy atom. The zero-order valence-corrected chi connectivity index (χ0v) is 6.57. The molecule has 1 aromatic carbocycles. The summed E-state index contributed by atoms with van der Waals surface area (Å²) in [6.45, 7) is 6.36. The van der Waals surface area contributed by atoms with Gasteiger partial charge in [-0.1, -0.05) is 18.2 Å². The number of benzene rings is 1.